The molecular formula is C25H16BrClN4O3S2. The van der Waals surface area contributed by atoms with Gasteiger partial charge in [-0.05, 0) is 47.5 Å². The number of nitrogens with zero attached hydrogens (tertiary/aromatic N) is 4. The van der Waals surface area contributed by atoms with Gasteiger partial charge >= 0.3 is 5.91 Å². The van der Waals surface area contributed by atoms with E-state index in [1.165, 1.54) is 40.4 Å². The maximum absolute atomic E-state index is 13.3. The lowest BCUT2D eigenvalue weighted by Crippen LogP contribution is -2.29. The van der Waals surface area contributed by atoms with E-state index in [4.69, 9.17) is 11.6 Å². The monoisotopic (exact) mass is 598 g/mol. The summed E-state index contributed by atoms with van der Waals surface area (Å²) in [6.45, 7) is 0. The molecular weight excluding hydrogens is 584 g/mol. The molecule has 0 saturated carbocycles. The van der Waals surface area contributed by atoms with Crippen LogP contribution in [0.15, 0.2) is 87.4 Å². The number of pyridine rings is 1. The minimum absolute atomic E-state index is 0.0186. The number of anilines is 1. The average Bonchev–Trinajstić information content (AvgIpc) is 3.46. The van der Waals surface area contributed by atoms with Crippen molar-refractivity contribution in [3.63, 3.8) is 0 Å². The predicted molar refractivity (Wildman–Crippen MR) is 144 cm³/mol. The second kappa shape index (κ2) is 10.5. The van der Waals surface area contributed by atoms with Crippen LogP contribution in [0.25, 0.3) is 5.76 Å². The smallest absolute Gasteiger partial charge is 0.301 e. The first-order valence-corrected chi connectivity index (χ1v) is 13.6. The first kappa shape index (κ1) is 24.6. The van der Waals surface area contributed by atoms with Gasteiger partial charge in [0.15, 0.2) is 4.34 Å². The summed E-state index contributed by atoms with van der Waals surface area (Å²) in [5.41, 5.74) is 2.08. The van der Waals surface area contributed by atoms with E-state index in [1.54, 1.807) is 30.3 Å². The Morgan fingerprint density at radius 1 is 1.08 bits per heavy atom. The second-order valence-corrected chi connectivity index (χ2v) is 11.3. The SMILES string of the molecule is O=C1C(=O)N(c2nnc(SCc3ccc(Cl)cc3)s2)C(c2cccc(Br)c2)C1=C(O)c1ccncc1. The summed E-state index contributed by atoms with van der Waals surface area (Å²) >= 11 is 12.1. The third-order valence-electron chi connectivity index (χ3n) is 5.44. The minimum atomic E-state index is -0.877. The van der Waals surface area contributed by atoms with E-state index in [2.05, 4.69) is 31.1 Å². The number of hydrogen-bond donors (Lipinski definition) is 1. The lowest BCUT2D eigenvalue weighted by Gasteiger charge is -2.22. The summed E-state index contributed by atoms with van der Waals surface area (Å²) in [7, 11) is 0. The molecule has 0 spiro atoms. The number of Topliss-reactive ketones (excluding diaryl/α,β-unsaturated/α-hetero) is 1. The van der Waals surface area contributed by atoms with Gasteiger partial charge in [0.2, 0.25) is 5.13 Å². The fourth-order valence-corrected chi connectivity index (χ4v) is 6.14. The van der Waals surface area contributed by atoms with Crippen LogP contribution in [-0.2, 0) is 15.3 Å². The van der Waals surface area contributed by atoms with Crippen LogP contribution < -0.4 is 4.90 Å². The first-order chi connectivity index (χ1) is 17.4. The molecule has 5 rings (SSSR count). The van der Waals surface area contributed by atoms with E-state index in [-0.39, 0.29) is 16.5 Å². The number of hydrogen-bond acceptors (Lipinski definition) is 8. The van der Waals surface area contributed by atoms with Gasteiger partial charge in [-0.2, -0.15) is 0 Å². The van der Waals surface area contributed by atoms with E-state index in [0.29, 0.717) is 26.2 Å². The Labute approximate surface area is 228 Å². The zero-order chi connectivity index (χ0) is 25.2. The van der Waals surface area contributed by atoms with Gasteiger partial charge in [0.1, 0.15) is 5.76 Å². The summed E-state index contributed by atoms with van der Waals surface area (Å²) < 4.78 is 1.41. The van der Waals surface area contributed by atoms with E-state index >= 15 is 0 Å². The Bertz CT molecular complexity index is 1480. The van der Waals surface area contributed by atoms with E-state index < -0.39 is 17.7 Å². The van der Waals surface area contributed by atoms with Crippen LogP contribution in [0.5, 0.6) is 0 Å². The normalized spacial score (nSPS) is 17.1. The molecule has 180 valence electrons. The van der Waals surface area contributed by atoms with Gasteiger partial charge in [-0.3, -0.25) is 19.5 Å². The van der Waals surface area contributed by atoms with Gasteiger partial charge in [0.05, 0.1) is 11.6 Å². The van der Waals surface area contributed by atoms with Crippen molar-refractivity contribution in [2.45, 2.75) is 16.1 Å². The number of benzene rings is 2. The Balaban J connectivity index is 1.53. The molecule has 7 nitrogen and oxygen atoms in total. The lowest BCUT2D eigenvalue weighted by molar-refractivity contribution is -0.132. The highest BCUT2D eigenvalue weighted by atomic mass is 79.9. The topological polar surface area (TPSA) is 96.3 Å². The fraction of sp³-hybridized carbons (Fsp3) is 0.0800. The Morgan fingerprint density at radius 2 is 1.83 bits per heavy atom. The van der Waals surface area contributed by atoms with Gasteiger partial charge in [-0.15, -0.1) is 10.2 Å². The van der Waals surface area contributed by atoms with Crippen LogP contribution in [0.1, 0.15) is 22.7 Å². The van der Waals surface area contributed by atoms with Gasteiger partial charge in [0.25, 0.3) is 5.78 Å². The third-order valence-corrected chi connectivity index (χ3v) is 8.31. The average molecular weight is 600 g/mol. The molecule has 1 aliphatic rings. The van der Waals surface area contributed by atoms with Crippen molar-refractivity contribution in [1.82, 2.24) is 15.2 Å². The summed E-state index contributed by atoms with van der Waals surface area (Å²) in [6.07, 6.45) is 3.02. The quantitative estimate of drug-likeness (QED) is 0.0918. The molecule has 1 amide bonds. The van der Waals surface area contributed by atoms with Gasteiger partial charge in [0, 0.05) is 33.2 Å². The maximum Gasteiger partial charge on any atom is 0.301 e. The summed E-state index contributed by atoms with van der Waals surface area (Å²) in [5.74, 6) is -1.20. The van der Waals surface area contributed by atoms with Crippen LogP contribution in [0, 0.1) is 0 Å². The largest absolute Gasteiger partial charge is 0.507 e. The van der Waals surface area contributed by atoms with Crippen LogP contribution in [-0.4, -0.2) is 32.0 Å². The van der Waals surface area contributed by atoms with Crippen molar-refractivity contribution in [1.29, 1.82) is 0 Å². The molecule has 1 aliphatic heterocycles. The van der Waals surface area contributed by atoms with Crippen LogP contribution >= 0.6 is 50.6 Å². The molecule has 36 heavy (non-hydrogen) atoms. The van der Waals surface area contributed by atoms with E-state index in [0.717, 1.165) is 10.0 Å². The number of thioether (sulfide) groups is 1. The molecule has 1 N–H and O–H groups in total. The number of ketones is 1. The molecule has 0 aliphatic carbocycles. The summed E-state index contributed by atoms with van der Waals surface area (Å²) in [6, 6.07) is 17.0. The zero-order valence-electron chi connectivity index (χ0n) is 18.3. The summed E-state index contributed by atoms with van der Waals surface area (Å²) in [4.78, 5) is 31.8. The van der Waals surface area contributed by atoms with Crippen LogP contribution in [0.3, 0.4) is 0 Å². The molecule has 0 bridgehead atoms. The first-order valence-electron chi connectivity index (χ1n) is 10.6. The minimum Gasteiger partial charge on any atom is -0.507 e. The van der Waals surface area contributed by atoms with E-state index in [1.807, 2.05) is 30.3 Å². The van der Waals surface area contributed by atoms with Crippen molar-refractivity contribution in [2.24, 2.45) is 0 Å². The van der Waals surface area contributed by atoms with Crippen molar-refractivity contribution >= 4 is 73.2 Å². The van der Waals surface area contributed by atoms with Gasteiger partial charge in [-0.25, -0.2) is 0 Å². The number of halogens is 2. The van der Waals surface area contributed by atoms with Crippen molar-refractivity contribution < 1.29 is 14.7 Å². The molecule has 11 heteroatoms. The third kappa shape index (κ3) is 4.94. The molecule has 0 radical (unpaired) electrons. The van der Waals surface area contributed by atoms with Crippen molar-refractivity contribution in [3.05, 3.63) is 105 Å². The number of amides is 1. The highest BCUT2D eigenvalue weighted by Crippen LogP contribution is 2.44. The highest BCUT2D eigenvalue weighted by molar-refractivity contribution is 9.10. The highest BCUT2D eigenvalue weighted by Gasteiger charge is 2.48. The molecule has 1 fully saturated rings. The van der Waals surface area contributed by atoms with Crippen molar-refractivity contribution in [2.75, 3.05) is 4.90 Å². The van der Waals surface area contributed by atoms with Crippen LogP contribution in [0.2, 0.25) is 5.02 Å². The number of rotatable bonds is 6. The van der Waals surface area contributed by atoms with Gasteiger partial charge in [-0.1, -0.05) is 74.9 Å². The molecule has 1 atom stereocenters. The standard InChI is InChI=1S/C25H16BrClN4O3S2/c26-17-3-1-2-16(12-17)20-19(21(32)15-8-10-28-11-9-15)22(33)23(34)31(20)24-29-30-25(36-24)35-13-14-4-6-18(27)7-5-14/h1-12,20,32H,13H2. The Kier molecular flexibility index (Phi) is 7.20. The molecule has 2 aromatic carbocycles. The number of aliphatic hydroxyl groups is 1. The number of aromatic nitrogens is 3. The fourth-order valence-electron chi connectivity index (χ4n) is 3.77. The lowest BCUT2D eigenvalue weighted by atomic mass is 9.96. The number of carbonyl (C=O) groups is 2. The molecule has 1 saturated heterocycles. The van der Waals surface area contributed by atoms with E-state index in [9.17, 15) is 14.7 Å². The Morgan fingerprint density at radius 3 is 2.56 bits per heavy atom. The Hall–Kier alpha value is -3.05. The van der Waals surface area contributed by atoms with Crippen molar-refractivity contribution in [3.8, 4) is 0 Å². The van der Waals surface area contributed by atoms with Gasteiger partial charge < -0.3 is 5.11 Å². The van der Waals surface area contributed by atoms with Crippen LogP contribution in [0.4, 0.5) is 5.13 Å². The predicted octanol–water partition coefficient (Wildman–Crippen LogP) is 6.27. The summed E-state index contributed by atoms with van der Waals surface area (Å²) in [5, 5.41) is 20.5. The molecule has 1 unspecified atom stereocenters. The molecule has 4 aromatic rings. The maximum atomic E-state index is 13.3. The molecule has 3 heterocycles. The molecule has 2 aromatic heterocycles. The number of aliphatic hydroxyl groups excluding tert-OH is 1. The zero-order valence-corrected chi connectivity index (χ0v) is 22.3. The second-order valence-electron chi connectivity index (χ2n) is 7.73. The number of carbonyl (C=O) groups excluding carboxylic acids is 2.